The minimum absolute atomic E-state index is 0.552. The van der Waals surface area contributed by atoms with Gasteiger partial charge in [0.05, 0.1) is 0 Å². The van der Waals surface area contributed by atoms with Gasteiger partial charge in [0.1, 0.15) is 5.00 Å². The van der Waals surface area contributed by atoms with Crippen LogP contribution in [0.2, 0.25) is 0 Å². The third kappa shape index (κ3) is 4.64. The average molecular weight is 359 g/mol. The molecule has 24 heavy (non-hydrogen) atoms. The number of rotatable bonds is 6. The highest BCUT2D eigenvalue weighted by Gasteiger charge is 2.28. The molecule has 124 valence electrons. The van der Waals surface area contributed by atoms with E-state index in [2.05, 4.69) is 34.9 Å². The number of halogens is 2. The maximum atomic E-state index is 6.66. The molecule has 1 atom stereocenters. The molecule has 2 aromatic rings. The van der Waals surface area contributed by atoms with Gasteiger partial charge in [-0.3, -0.25) is 5.32 Å². The van der Waals surface area contributed by atoms with E-state index in [0.29, 0.717) is 13.0 Å². The third-order valence-electron chi connectivity index (χ3n) is 3.97. The Balaban J connectivity index is 1.57. The highest BCUT2D eigenvalue weighted by Crippen LogP contribution is 2.32. The summed E-state index contributed by atoms with van der Waals surface area (Å²) < 4.78 is 0. The van der Waals surface area contributed by atoms with Crippen molar-refractivity contribution in [3.63, 3.8) is 0 Å². The number of hydrogen-bond acceptors (Lipinski definition) is 2. The molecule has 0 amide bonds. The quantitative estimate of drug-likeness (QED) is 0.566. The van der Waals surface area contributed by atoms with Crippen LogP contribution in [0.4, 0.5) is 0 Å². The second-order valence-electron chi connectivity index (χ2n) is 5.87. The minimum Gasteiger partial charge on any atom is -0.380 e. The van der Waals surface area contributed by atoms with Crippen LogP contribution in [0.15, 0.2) is 83.5 Å². The van der Waals surface area contributed by atoms with E-state index >= 15 is 0 Å². The van der Waals surface area contributed by atoms with E-state index < -0.39 is 5.00 Å². The molecule has 0 saturated heterocycles. The summed E-state index contributed by atoms with van der Waals surface area (Å²) in [6, 6.07) is 20.4. The van der Waals surface area contributed by atoms with E-state index in [1.165, 1.54) is 11.1 Å². The van der Waals surface area contributed by atoms with Crippen LogP contribution in [0.5, 0.6) is 0 Å². The first-order valence-corrected chi connectivity index (χ1v) is 8.74. The van der Waals surface area contributed by atoms with Crippen molar-refractivity contribution in [2.24, 2.45) is 0 Å². The molecule has 0 radical (unpaired) electrons. The van der Waals surface area contributed by atoms with Crippen molar-refractivity contribution in [2.75, 3.05) is 0 Å². The number of alkyl halides is 1. The van der Waals surface area contributed by atoms with E-state index in [0.717, 1.165) is 17.3 Å². The molecule has 0 fully saturated rings. The molecule has 0 aromatic heterocycles. The summed E-state index contributed by atoms with van der Waals surface area (Å²) >= 11 is 13.1. The average Bonchev–Trinajstić information content (AvgIpc) is 2.61. The van der Waals surface area contributed by atoms with E-state index in [9.17, 15) is 0 Å². The molecule has 2 aromatic carbocycles. The monoisotopic (exact) mass is 358 g/mol. The molecule has 1 unspecified atom stereocenters. The minimum atomic E-state index is -0.648. The smallest absolute Gasteiger partial charge is 0.118 e. The van der Waals surface area contributed by atoms with Gasteiger partial charge in [-0.05, 0) is 23.3 Å². The third-order valence-corrected chi connectivity index (χ3v) is 4.70. The molecule has 1 aliphatic rings. The molecular formula is C20H20Cl2N2. The molecular weight excluding hydrogens is 339 g/mol. The topological polar surface area (TPSA) is 24.1 Å². The van der Waals surface area contributed by atoms with Crippen molar-refractivity contribution in [3.8, 4) is 0 Å². The van der Waals surface area contributed by atoms with E-state index in [1.54, 1.807) is 0 Å². The molecule has 3 rings (SSSR count). The van der Waals surface area contributed by atoms with Crippen LogP contribution in [0, 0.1) is 0 Å². The Labute approximate surface area is 153 Å². The molecule has 2 N–H and O–H groups in total. The van der Waals surface area contributed by atoms with Gasteiger partial charge < -0.3 is 5.32 Å². The molecule has 0 heterocycles. The molecule has 0 aliphatic heterocycles. The Morgan fingerprint density at radius 1 is 0.875 bits per heavy atom. The standard InChI is InChI=1S/C20H20Cl2N2/c21-18-13-20(22,24-15-17-9-5-2-6-10-17)12-11-19(18)23-14-16-7-3-1-4-8-16/h1-12,23-24H,13-15H2. The van der Waals surface area contributed by atoms with Crippen LogP contribution < -0.4 is 10.6 Å². The van der Waals surface area contributed by atoms with Crippen LogP contribution in [-0.4, -0.2) is 5.00 Å². The number of hydrogen-bond donors (Lipinski definition) is 2. The van der Waals surface area contributed by atoms with Crippen molar-refractivity contribution in [1.29, 1.82) is 0 Å². The lowest BCUT2D eigenvalue weighted by atomic mass is 10.0. The van der Waals surface area contributed by atoms with E-state index in [1.807, 2.05) is 48.6 Å². The molecule has 0 bridgehead atoms. The number of allylic oxidation sites excluding steroid dienone is 1. The molecule has 2 nitrogen and oxygen atoms in total. The Kier molecular flexibility index (Phi) is 5.62. The van der Waals surface area contributed by atoms with Crippen LogP contribution in [0.3, 0.4) is 0 Å². The van der Waals surface area contributed by atoms with Gasteiger partial charge in [0.15, 0.2) is 0 Å². The number of nitrogens with one attached hydrogen (secondary N) is 2. The summed E-state index contributed by atoms with van der Waals surface area (Å²) in [7, 11) is 0. The Morgan fingerprint density at radius 2 is 1.46 bits per heavy atom. The lowest BCUT2D eigenvalue weighted by Gasteiger charge is -2.29. The summed E-state index contributed by atoms with van der Waals surface area (Å²) in [6.45, 7) is 1.44. The fourth-order valence-electron chi connectivity index (χ4n) is 2.60. The van der Waals surface area contributed by atoms with Crippen molar-refractivity contribution in [3.05, 3.63) is 94.7 Å². The van der Waals surface area contributed by atoms with Gasteiger partial charge in [-0.1, -0.05) is 83.9 Å². The predicted molar refractivity (Wildman–Crippen MR) is 102 cm³/mol. The van der Waals surface area contributed by atoms with Crippen molar-refractivity contribution < 1.29 is 0 Å². The molecule has 0 spiro atoms. The van der Waals surface area contributed by atoms with Gasteiger partial charge >= 0.3 is 0 Å². The second kappa shape index (κ2) is 7.89. The summed E-state index contributed by atoms with van der Waals surface area (Å²) in [5, 5.41) is 7.48. The molecule has 0 saturated carbocycles. The van der Waals surface area contributed by atoms with Gasteiger partial charge in [0.25, 0.3) is 0 Å². The van der Waals surface area contributed by atoms with Crippen LogP contribution in [0.1, 0.15) is 17.5 Å². The zero-order valence-electron chi connectivity index (χ0n) is 13.3. The highest BCUT2D eigenvalue weighted by atomic mass is 35.5. The zero-order chi connectivity index (χ0) is 16.8. The van der Waals surface area contributed by atoms with E-state index in [-0.39, 0.29) is 0 Å². The fourth-order valence-corrected chi connectivity index (χ4v) is 3.27. The van der Waals surface area contributed by atoms with Gasteiger partial charge in [0, 0.05) is 30.2 Å². The maximum Gasteiger partial charge on any atom is 0.118 e. The van der Waals surface area contributed by atoms with Gasteiger partial charge in [-0.25, -0.2) is 0 Å². The lowest BCUT2D eigenvalue weighted by molar-refractivity contribution is 0.530. The van der Waals surface area contributed by atoms with Gasteiger partial charge in [-0.2, -0.15) is 0 Å². The summed E-state index contributed by atoms with van der Waals surface area (Å²) in [5.41, 5.74) is 3.34. The van der Waals surface area contributed by atoms with Crippen molar-refractivity contribution in [2.45, 2.75) is 24.5 Å². The summed E-state index contributed by atoms with van der Waals surface area (Å²) in [6.07, 6.45) is 4.48. The Morgan fingerprint density at radius 3 is 2.04 bits per heavy atom. The molecule has 4 heteroatoms. The second-order valence-corrected chi connectivity index (χ2v) is 7.00. The highest BCUT2D eigenvalue weighted by molar-refractivity contribution is 6.32. The summed E-state index contributed by atoms with van der Waals surface area (Å²) in [4.78, 5) is -0.648. The van der Waals surface area contributed by atoms with Crippen LogP contribution in [-0.2, 0) is 13.1 Å². The van der Waals surface area contributed by atoms with Crippen LogP contribution in [0.25, 0.3) is 0 Å². The Hall–Kier alpha value is -1.74. The predicted octanol–water partition coefficient (Wildman–Crippen LogP) is 4.91. The van der Waals surface area contributed by atoms with Gasteiger partial charge in [-0.15, -0.1) is 0 Å². The first kappa shape index (κ1) is 17.1. The SMILES string of the molecule is ClC1=C(NCc2ccccc2)C=CC(Cl)(NCc2ccccc2)C1. The molecule has 1 aliphatic carbocycles. The zero-order valence-corrected chi connectivity index (χ0v) is 14.8. The number of benzene rings is 2. The largest absolute Gasteiger partial charge is 0.380 e. The fraction of sp³-hybridized carbons (Fsp3) is 0.200. The summed E-state index contributed by atoms with van der Waals surface area (Å²) in [5.74, 6) is 0. The van der Waals surface area contributed by atoms with Crippen molar-refractivity contribution in [1.82, 2.24) is 10.6 Å². The normalized spacial score (nSPS) is 20.2. The van der Waals surface area contributed by atoms with E-state index in [4.69, 9.17) is 23.2 Å². The van der Waals surface area contributed by atoms with Gasteiger partial charge in [0.2, 0.25) is 0 Å². The maximum absolute atomic E-state index is 6.66. The van der Waals surface area contributed by atoms with Crippen LogP contribution >= 0.6 is 23.2 Å². The Bertz CT molecular complexity index is 726. The first-order valence-electron chi connectivity index (χ1n) is 7.98. The van der Waals surface area contributed by atoms with Crippen molar-refractivity contribution >= 4 is 23.2 Å². The first-order chi connectivity index (χ1) is 11.6. The lowest BCUT2D eigenvalue weighted by Crippen LogP contribution is -2.39.